The highest BCUT2D eigenvalue weighted by Gasteiger charge is 2.15. The average molecular weight is 347 g/mol. The molecule has 1 aromatic carbocycles. The van der Waals surface area contributed by atoms with Crippen LogP contribution in [0.5, 0.6) is 0 Å². The molecule has 1 aromatic rings. The van der Waals surface area contributed by atoms with Crippen molar-refractivity contribution in [3.63, 3.8) is 0 Å². The zero-order valence-electron chi connectivity index (χ0n) is 11.1. The standard InChI is InChI=1S/C13H19BrN2O2S/c1-18-8-9-10(14)4-3-5-12(9)16-13(17)11(15)6-7-19-2/h3-5,11H,6-8,15H2,1-2H3,(H,16,17)/t11-/m1/s1. The Labute approximate surface area is 126 Å². The molecule has 0 unspecified atom stereocenters. The van der Waals surface area contributed by atoms with Crippen LogP contribution in [-0.4, -0.2) is 31.1 Å². The van der Waals surface area contributed by atoms with Crippen molar-refractivity contribution in [3.05, 3.63) is 28.2 Å². The van der Waals surface area contributed by atoms with Gasteiger partial charge in [0, 0.05) is 22.8 Å². The van der Waals surface area contributed by atoms with E-state index in [9.17, 15) is 4.79 Å². The normalized spacial score (nSPS) is 12.2. The molecule has 0 saturated heterocycles. The third kappa shape index (κ3) is 5.14. The van der Waals surface area contributed by atoms with Crippen LogP contribution in [0.15, 0.2) is 22.7 Å². The summed E-state index contributed by atoms with van der Waals surface area (Å²) in [7, 11) is 1.62. The van der Waals surface area contributed by atoms with Gasteiger partial charge in [-0.1, -0.05) is 22.0 Å². The number of halogens is 1. The number of rotatable bonds is 7. The maximum atomic E-state index is 12.0. The summed E-state index contributed by atoms with van der Waals surface area (Å²) in [6, 6.07) is 5.14. The minimum atomic E-state index is -0.484. The van der Waals surface area contributed by atoms with E-state index in [2.05, 4.69) is 21.2 Å². The van der Waals surface area contributed by atoms with Crippen LogP contribution in [0.3, 0.4) is 0 Å². The van der Waals surface area contributed by atoms with E-state index < -0.39 is 6.04 Å². The van der Waals surface area contributed by atoms with Gasteiger partial charge >= 0.3 is 0 Å². The first-order valence-electron chi connectivity index (χ1n) is 5.91. The van der Waals surface area contributed by atoms with Crippen molar-refractivity contribution in [3.8, 4) is 0 Å². The largest absolute Gasteiger partial charge is 0.380 e. The quantitative estimate of drug-likeness (QED) is 0.796. The molecular weight excluding hydrogens is 328 g/mol. The number of methoxy groups -OCH3 is 1. The lowest BCUT2D eigenvalue weighted by Gasteiger charge is -2.15. The lowest BCUT2D eigenvalue weighted by molar-refractivity contribution is -0.117. The van der Waals surface area contributed by atoms with E-state index in [1.165, 1.54) is 0 Å². The highest BCUT2D eigenvalue weighted by atomic mass is 79.9. The highest BCUT2D eigenvalue weighted by molar-refractivity contribution is 9.10. The summed E-state index contributed by atoms with van der Waals surface area (Å²) < 4.78 is 6.05. The number of anilines is 1. The third-order valence-corrected chi connectivity index (χ3v) is 4.02. The lowest BCUT2D eigenvalue weighted by Crippen LogP contribution is -2.36. The Balaban J connectivity index is 2.75. The molecule has 0 aliphatic carbocycles. The maximum absolute atomic E-state index is 12.0. The van der Waals surface area contributed by atoms with Crippen LogP contribution in [0.4, 0.5) is 5.69 Å². The molecule has 4 nitrogen and oxygen atoms in total. The number of nitrogens with two attached hydrogens (primary N) is 1. The van der Waals surface area contributed by atoms with Gasteiger partial charge in [0.2, 0.25) is 5.91 Å². The van der Waals surface area contributed by atoms with Gasteiger partial charge in [0.05, 0.1) is 12.6 Å². The van der Waals surface area contributed by atoms with E-state index in [0.717, 1.165) is 21.5 Å². The predicted molar refractivity (Wildman–Crippen MR) is 84.5 cm³/mol. The topological polar surface area (TPSA) is 64.3 Å². The molecule has 0 aromatic heterocycles. The monoisotopic (exact) mass is 346 g/mol. The Hall–Kier alpha value is -0.560. The number of carbonyl (C=O) groups is 1. The number of nitrogens with one attached hydrogen (secondary N) is 1. The Morgan fingerprint density at radius 1 is 1.58 bits per heavy atom. The van der Waals surface area contributed by atoms with E-state index in [1.54, 1.807) is 18.9 Å². The molecule has 19 heavy (non-hydrogen) atoms. The van der Waals surface area contributed by atoms with Crippen molar-refractivity contribution in [2.75, 3.05) is 24.4 Å². The average Bonchev–Trinajstić information content (AvgIpc) is 2.39. The molecule has 1 atom stereocenters. The molecule has 0 aliphatic rings. The molecule has 6 heteroatoms. The van der Waals surface area contributed by atoms with Crippen LogP contribution in [-0.2, 0) is 16.1 Å². The molecule has 0 fully saturated rings. The molecule has 0 heterocycles. The van der Waals surface area contributed by atoms with Gasteiger partial charge in [-0.05, 0) is 30.6 Å². The van der Waals surface area contributed by atoms with Crippen molar-refractivity contribution in [2.45, 2.75) is 19.1 Å². The van der Waals surface area contributed by atoms with Crippen LogP contribution >= 0.6 is 27.7 Å². The Morgan fingerprint density at radius 3 is 2.95 bits per heavy atom. The van der Waals surface area contributed by atoms with E-state index in [-0.39, 0.29) is 5.91 Å². The van der Waals surface area contributed by atoms with Crippen LogP contribution in [0, 0.1) is 0 Å². The van der Waals surface area contributed by atoms with Gasteiger partial charge in [-0.2, -0.15) is 11.8 Å². The Bertz CT molecular complexity index is 429. The number of benzene rings is 1. The fraction of sp³-hybridized carbons (Fsp3) is 0.462. The first-order valence-corrected chi connectivity index (χ1v) is 8.10. The SMILES string of the molecule is COCc1c(Br)cccc1NC(=O)[C@H](N)CCSC. The molecule has 0 radical (unpaired) electrons. The Morgan fingerprint density at radius 2 is 2.32 bits per heavy atom. The summed E-state index contributed by atoms with van der Waals surface area (Å²) in [5, 5.41) is 2.86. The van der Waals surface area contributed by atoms with E-state index in [4.69, 9.17) is 10.5 Å². The van der Waals surface area contributed by atoms with Crippen molar-refractivity contribution in [1.29, 1.82) is 0 Å². The predicted octanol–water partition coefficient (Wildman–Crippen LogP) is 2.61. The second-order valence-electron chi connectivity index (χ2n) is 4.08. The van der Waals surface area contributed by atoms with E-state index in [0.29, 0.717) is 13.0 Å². The Kier molecular flexibility index (Phi) is 7.45. The molecule has 1 amide bonds. The number of carbonyl (C=O) groups excluding carboxylic acids is 1. The zero-order chi connectivity index (χ0) is 14.3. The smallest absolute Gasteiger partial charge is 0.241 e. The summed E-state index contributed by atoms with van der Waals surface area (Å²) >= 11 is 5.13. The van der Waals surface area contributed by atoms with Gasteiger partial charge in [0.1, 0.15) is 0 Å². The fourth-order valence-corrected chi connectivity index (χ4v) is 2.54. The van der Waals surface area contributed by atoms with Crippen LogP contribution < -0.4 is 11.1 Å². The van der Waals surface area contributed by atoms with Gasteiger partial charge in [0.15, 0.2) is 0 Å². The van der Waals surface area contributed by atoms with Gasteiger partial charge < -0.3 is 15.8 Å². The lowest BCUT2D eigenvalue weighted by atomic mass is 10.1. The van der Waals surface area contributed by atoms with Crippen molar-refractivity contribution in [2.24, 2.45) is 5.73 Å². The highest BCUT2D eigenvalue weighted by Crippen LogP contribution is 2.25. The van der Waals surface area contributed by atoms with Crippen molar-refractivity contribution in [1.82, 2.24) is 0 Å². The summed E-state index contributed by atoms with van der Waals surface area (Å²) in [5.41, 5.74) is 7.49. The fourth-order valence-electron chi connectivity index (χ4n) is 1.57. The number of thioether (sulfide) groups is 1. The van der Waals surface area contributed by atoms with Gasteiger partial charge in [-0.3, -0.25) is 4.79 Å². The summed E-state index contributed by atoms with van der Waals surface area (Å²) in [5.74, 6) is 0.711. The van der Waals surface area contributed by atoms with Gasteiger partial charge in [0.25, 0.3) is 0 Å². The summed E-state index contributed by atoms with van der Waals surface area (Å²) in [4.78, 5) is 12.0. The molecule has 3 N–H and O–H groups in total. The van der Waals surface area contributed by atoms with Crippen molar-refractivity contribution < 1.29 is 9.53 Å². The second kappa shape index (κ2) is 8.58. The zero-order valence-corrected chi connectivity index (χ0v) is 13.5. The molecule has 0 bridgehead atoms. The second-order valence-corrected chi connectivity index (χ2v) is 5.92. The first kappa shape index (κ1) is 16.5. The molecule has 0 saturated carbocycles. The molecule has 0 aliphatic heterocycles. The molecule has 106 valence electrons. The maximum Gasteiger partial charge on any atom is 0.241 e. The van der Waals surface area contributed by atoms with Gasteiger partial charge in [-0.15, -0.1) is 0 Å². The summed E-state index contributed by atoms with van der Waals surface area (Å²) in [6.07, 6.45) is 2.66. The first-order chi connectivity index (χ1) is 9.10. The van der Waals surface area contributed by atoms with Crippen molar-refractivity contribution >= 4 is 39.3 Å². The molecule has 0 spiro atoms. The van der Waals surface area contributed by atoms with Gasteiger partial charge in [-0.25, -0.2) is 0 Å². The number of hydrogen-bond acceptors (Lipinski definition) is 4. The number of amides is 1. The third-order valence-electron chi connectivity index (χ3n) is 2.64. The minimum absolute atomic E-state index is 0.162. The van der Waals surface area contributed by atoms with Crippen LogP contribution in [0.2, 0.25) is 0 Å². The van der Waals surface area contributed by atoms with E-state index in [1.807, 2.05) is 24.5 Å². The van der Waals surface area contributed by atoms with Crippen LogP contribution in [0.1, 0.15) is 12.0 Å². The number of hydrogen-bond donors (Lipinski definition) is 2. The summed E-state index contributed by atoms with van der Waals surface area (Å²) in [6.45, 7) is 0.428. The molecule has 1 rings (SSSR count). The molecular formula is C13H19BrN2O2S. The minimum Gasteiger partial charge on any atom is -0.380 e. The number of ether oxygens (including phenoxy) is 1. The van der Waals surface area contributed by atoms with Crippen LogP contribution in [0.25, 0.3) is 0 Å². The van der Waals surface area contributed by atoms with E-state index >= 15 is 0 Å².